The van der Waals surface area contributed by atoms with E-state index in [1.165, 1.54) is 4.90 Å². The molecule has 34 heavy (non-hydrogen) atoms. The number of rotatable bonds is 10. The second kappa shape index (κ2) is 11.3. The number of quaternary nitrogens is 1. The standard InChI is InChI=1S/C28H36N2O4/c1-6-29(7-2)15-16-30-25(21-11-9-8-10-12-21)24(27(32)28(30)33)26(31)23-14-13-22(17-20(23)5)34-18-19(3)4/h8-14,17,19,25,31H,6-7,15-16,18H2,1-5H3. The third kappa shape index (κ3) is 5.50. The van der Waals surface area contributed by atoms with Gasteiger partial charge in [-0.05, 0) is 55.5 Å². The molecule has 0 aliphatic carbocycles. The van der Waals surface area contributed by atoms with Crippen LogP contribution in [0.15, 0.2) is 54.1 Å². The molecule has 2 aromatic carbocycles. The number of hydrogen-bond donors (Lipinski definition) is 1. The molecule has 0 bridgehead atoms. The normalized spacial score (nSPS) is 17.7. The Labute approximate surface area is 202 Å². The first-order chi connectivity index (χ1) is 16.3. The molecule has 0 radical (unpaired) electrons. The first-order valence-electron chi connectivity index (χ1n) is 12.2. The minimum absolute atomic E-state index is 0.0321. The summed E-state index contributed by atoms with van der Waals surface area (Å²) in [5.41, 5.74) is 1.95. The summed E-state index contributed by atoms with van der Waals surface area (Å²) in [5, 5.41) is 13.7. The summed E-state index contributed by atoms with van der Waals surface area (Å²) in [4.78, 5) is 29.2. The number of benzene rings is 2. The van der Waals surface area contributed by atoms with Gasteiger partial charge in [0.05, 0.1) is 38.8 Å². The lowest BCUT2D eigenvalue weighted by atomic mass is 9.94. The van der Waals surface area contributed by atoms with Crippen LogP contribution in [0.2, 0.25) is 0 Å². The van der Waals surface area contributed by atoms with Crippen LogP contribution in [-0.4, -0.2) is 49.4 Å². The van der Waals surface area contributed by atoms with Crippen molar-refractivity contribution >= 4 is 17.4 Å². The zero-order valence-electron chi connectivity index (χ0n) is 20.9. The molecule has 1 saturated heterocycles. The monoisotopic (exact) mass is 464 g/mol. The number of amides is 1. The number of nitrogens with zero attached hydrogens (tertiary/aromatic N) is 1. The quantitative estimate of drug-likeness (QED) is 0.332. The largest absolute Gasteiger partial charge is 0.872 e. The Bertz CT molecular complexity index is 1040. The Hall–Kier alpha value is -3.12. The predicted octanol–water partition coefficient (Wildman–Crippen LogP) is 2.18. The molecule has 1 atom stereocenters. The first kappa shape index (κ1) is 25.5. The molecule has 182 valence electrons. The second-order valence-electron chi connectivity index (χ2n) is 9.27. The lowest BCUT2D eigenvalue weighted by molar-refractivity contribution is -0.895. The van der Waals surface area contributed by atoms with Gasteiger partial charge in [0.2, 0.25) is 5.78 Å². The van der Waals surface area contributed by atoms with Crippen LogP contribution >= 0.6 is 0 Å². The summed E-state index contributed by atoms with van der Waals surface area (Å²) in [5.74, 6) is -0.621. The number of ether oxygens (including phenoxy) is 1. The molecule has 1 amide bonds. The maximum absolute atomic E-state index is 13.7. The van der Waals surface area contributed by atoms with E-state index in [2.05, 4.69) is 27.7 Å². The molecule has 1 heterocycles. The van der Waals surface area contributed by atoms with Crippen molar-refractivity contribution in [3.8, 4) is 5.75 Å². The van der Waals surface area contributed by atoms with Gasteiger partial charge in [0.25, 0.3) is 5.91 Å². The molecule has 1 fully saturated rings. The van der Waals surface area contributed by atoms with E-state index >= 15 is 0 Å². The summed E-state index contributed by atoms with van der Waals surface area (Å²) in [6.45, 7) is 13.8. The SMILES string of the molecule is CC[NH+](CC)CCN1C(=O)C(=O)C(=C([O-])c2ccc(OCC(C)C)cc2C)C1c1ccccc1. The predicted molar refractivity (Wildman–Crippen MR) is 131 cm³/mol. The lowest BCUT2D eigenvalue weighted by Crippen LogP contribution is -3.12. The van der Waals surface area contributed by atoms with Crippen molar-refractivity contribution in [3.05, 3.63) is 70.8 Å². The highest BCUT2D eigenvalue weighted by Crippen LogP contribution is 2.39. The van der Waals surface area contributed by atoms with Gasteiger partial charge < -0.3 is 19.6 Å². The fourth-order valence-corrected chi connectivity index (χ4v) is 4.35. The van der Waals surface area contributed by atoms with Crippen LogP contribution in [0.3, 0.4) is 0 Å². The molecule has 2 aromatic rings. The Morgan fingerprint density at radius 1 is 1.09 bits per heavy atom. The van der Waals surface area contributed by atoms with Crippen LogP contribution < -0.4 is 14.7 Å². The zero-order valence-corrected chi connectivity index (χ0v) is 20.9. The van der Waals surface area contributed by atoms with Crippen molar-refractivity contribution in [2.45, 2.75) is 40.7 Å². The molecular weight excluding hydrogens is 428 g/mol. The summed E-state index contributed by atoms with van der Waals surface area (Å²) in [7, 11) is 0. The van der Waals surface area contributed by atoms with Crippen molar-refractivity contribution in [3.63, 3.8) is 0 Å². The van der Waals surface area contributed by atoms with Crippen molar-refractivity contribution in [1.29, 1.82) is 0 Å². The molecule has 0 saturated carbocycles. The zero-order chi connectivity index (χ0) is 24.8. The molecule has 6 heteroatoms. The van der Waals surface area contributed by atoms with Crippen LogP contribution in [-0.2, 0) is 9.59 Å². The minimum atomic E-state index is -0.701. The van der Waals surface area contributed by atoms with E-state index in [4.69, 9.17) is 4.74 Å². The van der Waals surface area contributed by atoms with E-state index in [0.717, 1.165) is 30.8 Å². The number of ketones is 1. The number of aryl methyl sites for hydroxylation is 1. The Balaban J connectivity index is 2.03. The highest BCUT2D eigenvalue weighted by atomic mass is 16.5. The van der Waals surface area contributed by atoms with Gasteiger partial charge in [-0.2, -0.15) is 0 Å². The molecule has 3 rings (SSSR count). The summed E-state index contributed by atoms with van der Waals surface area (Å²) in [6, 6.07) is 13.9. The van der Waals surface area contributed by atoms with Crippen LogP contribution in [0.4, 0.5) is 0 Å². The molecular formula is C28H36N2O4. The van der Waals surface area contributed by atoms with E-state index in [9.17, 15) is 14.7 Å². The van der Waals surface area contributed by atoms with Gasteiger partial charge in [-0.25, -0.2) is 0 Å². The van der Waals surface area contributed by atoms with E-state index < -0.39 is 23.5 Å². The molecule has 6 nitrogen and oxygen atoms in total. The smallest absolute Gasteiger partial charge is 0.295 e. The molecule has 1 unspecified atom stereocenters. The Kier molecular flexibility index (Phi) is 8.51. The second-order valence-corrected chi connectivity index (χ2v) is 9.27. The van der Waals surface area contributed by atoms with Crippen molar-refractivity contribution in [2.24, 2.45) is 5.92 Å². The van der Waals surface area contributed by atoms with E-state index in [0.29, 0.717) is 30.4 Å². The molecule has 0 aromatic heterocycles. The fourth-order valence-electron chi connectivity index (χ4n) is 4.35. The van der Waals surface area contributed by atoms with Crippen molar-refractivity contribution in [2.75, 3.05) is 32.8 Å². The van der Waals surface area contributed by atoms with Gasteiger partial charge in [-0.1, -0.05) is 56.0 Å². The van der Waals surface area contributed by atoms with Crippen LogP contribution in [0.1, 0.15) is 50.4 Å². The van der Waals surface area contributed by atoms with Gasteiger partial charge in [-0.3, -0.25) is 9.59 Å². The maximum atomic E-state index is 13.7. The summed E-state index contributed by atoms with van der Waals surface area (Å²) in [6.07, 6.45) is 0. The maximum Gasteiger partial charge on any atom is 0.295 e. The fraction of sp³-hybridized carbons (Fsp3) is 0.429. The van der Waals surface area contributed by atoms with Gasteiger partial charge in [0, 0.05) is 5.57 Å². The number of nitrogens with one attached hydrogen (secondary N) is 1. The number of Topliss-reactive ketones (excluding diaryl/α,β-unsaturated/α-hetero) is 1. The summed E-state index contributed by atoms with van der Waals surface area (Å²) < 4.78 is 5.78. The number of hydrogen-bond acceptors (Lipinski definition) is 4. The molecule has 1 N–H and O–H groups in total. The number of likely N-dealkylation sites (tertiary alicyclic amines) is 1. The Morgan fingerprint density at radius 3 is 2.35 bits per heavy atom. The van der Waals surface area contributed by atoms with Crippen LogP contribution in [0.25, 0.3) is 5.76 Å². The molecule has 0 spiro atoms. The van der Waals surface area contributed by atoms with Gasteiger partial charge in [0.1, 0.15) is 5.75 Å². The number of likely N-dealkylation sites (N-methyl/N-ethyl adjacent to an activating group) is 1. The third-order valence-corrected chi connectivity index (χ3v) is 6.38. The first-order valence-corrected chi connectivity index (χ1v) is 12.2. The number of carbonyl (C=O) groups is 2. The van der Waals surface area contributed by atoms with E-state index in [-0.39, 0.29) is 5.57 Å². The topological polar surface area (TPSA) is 74.1 Å². The van der Waals surface area contributed by atoms with Gasteiger partial charge in [0.15, 0.2) is 0 Å². The molecule has 1 aliphatic rings. The highest BCUT2D eigenvalue weighted by Gasteiger charge is 2.44. The average molecular weight is 465 g/mol. The third-order valence-electron chi connectivity index (χ3n) is 6.38. The Morgan fingerprint density at radius 2 is 1.76 bits per heavy atom. The lowest BCUT2D eigenvalue weighted by Gasteiger charge is -2.29. The van der Waals surface area contributed by atoms with Gasteiger partial charge in [-0.15, -0.1) is 0 Å². The van der Waals surface area contributed by atoms with E-state index in [1.54, 1.807) is 17.0 Å². The van der Waals surface area contributed by atoms with Crippen molar-refractivity contribution < 1.29 is 24.3 Å². The van der Waals surface area contributed by atoms with E-state index in [1.807, 2.05) is 43.3 Å². The molecule has 1 aliphatic heterocycles. The van der Waals surface area contributed by atoms with Crippen LogP contribution in [0.5, 0.6) is 5.75 Å². The summed E-state index contributed by atoms with van der Waals surface area (Å²) >= 11 is 0. The van der Waals surface area contributed by atoms with Crippen LogP contribution in [0, 0.1) is 12.8 Å². The van der Waals surface area contributed by atoms with Crippen molar-refractivity contribution in [1.82, 2.24) is 4.90 Å². The highest BCUT2D eigenvalue weighted by molar-refractivity contribution is 6.46. The number of carbonyl (C=O) groups excluding carboxylic acids is 2. The average Bonchev–Trinajstić information content (AvgIpc) is 3.08. The van der Waals surface area contributed by atoms with Gasteiger partial charge >= 0.3 is 0 Å². The minimum Gasteiger partial charge on any atom is -0.872 e.